The number of hydrogen-bond acceptors (Lipinski definition) is 4. The van der Waals surface area contributed by atoms with Crippen molar-refractivity contribution in [1.82, 2.24) is 19.5 Å². The maximum atomic E-state index is 12.4. The number of nitrogens with zero attached hydrogens (tertiary/aromatic N) is 4. The Labute approximate surface area is 136 Å². The lowest BCUT2D eigenvalue weighted by Crippen LogP contribution is -2.44. The molecular formula is C17H24N4O2. The van der Waals surface area contributed by atoms with Crippen molar-refractivity contribution in [2.75, 3.05) is 19.7 Å². The lowest BCUT2D eigenvalue weighted by molar-refractivity contribution is -0.138. The summed E-state index contributed by atoms with van der Waals surface area (Å²) in [7, 11) is 0. The smallest absolute Gasteiger partial charge is 0.223 e. The fourth-order valence-corrected chi connectivity index (χ4v) is 3.24. The van der Waals surface area contributed by atoms with Crippen LogP contribution in [0.1, 0.15) is 36.0 Å². The van der Waals surface area contributed by atoms with E-state index < -0.39 is 0 Å². The summed E-state index contributed by atoms with van der Waals surface area (Å²) in [6.07, 6.45) is 1.33. The van der Waals surface area contributed by atoms with Gasteiger partial charge in [-0.1, -0.05) is 0 Å². The van der Waals surface area contributed by atoms with Crippen LogP contribution in [0.4, 0.5) is 0 Å². The van der Waals surface area contributed by atoms with Crippen molar-refractivity contribution in [1.29, 1.82) is 0 Å². The Bertz CT molecular complexity index is 738. The van der Waals surface area contributed by atoms with Gasteiger partial charge in [0.2, 0.25) is 5.91 Å². The first-order chi connectivity index (χ1) is 11.0. The zero-order valence-corrected chi connectivity index (χ0v) is 14.3. The van der Waals surface area contributed by atoms with E-state index >= 15 is 0 Å². The van der Waals surface area contributed by atoms with E-state index in [0.717, 1.165) is 28.3 Å². The molecule has 3 heterocycles. The van der Waals surface area contributed by atoms with Crippen LogP contribution in [0.3, 0.4) is 0 Å². The molecule has 0 saturated carbocycles. The molecule has 0 radical (unpaired) electrons. The van der Waals surface area contributed by atoms with Crippen molar-refractivity contribution in [3.05, 3.63) is 28.7 Å². The second kappa shape index (κ2) is 6.28. The summed E-state index contributed by atoms with van der Waals surface area (Å²) < 4.78 is 7.37. The summed E-state index contributed by atoms with van der Waals surface area (Å²) >= 11 is 0. The molecule has 2 aromatic rings. The van der Waals surface area contributed by atoms with Gasteiger partial charge in [0.15, 0.2) is 5.65 Å². The first kappa shape index (κ1) is 15.9. The van der Waals surface area contributed by atoms with E-state index in [2.05, 4.69) is 10.1 Å². The van der Waals surface area contributed by atoms with Crippen LogP contribution in [0, 0.1) is 20.8 Å². The van der Waals surface area contributed by atoms with Gasteiger partial charge in [-0.05, 0) is 39.7 Å². The zero-order chi connectivity index (χ0) is 16.6. The molecule has 1 fully saturated rings. The van der Waals surface area contributed by atoms with Gasteiger partial charge in [0.25, 0.3) is 0 Å². The van der Waals surface area contributed by atoms with Crippen LogP contribution in [0.25, 0.3) is 5.65 Å². The molecule has 1 amide bonds. The van der Waals surface area contributed by atoms with Gasteiger partial charge in [0, 0.05) is 37.0 Å². The molecule has 0 spiro atoms. The fraction of sp³-hybridized carbons (Fsp3) is 0.588. The predicted molar refractivity (Wildman–Crippen MR) is 87.5 cm³/mol. The van der Waals surface area contributed by atoms with Crippen molar-refractivity contribution in [2.24, 2.45) is 0 Å². The average Bonchev–Trinajstić information content (AvgIpc) is 2.87. The molecule has 0 N–H and O–H groups in total. The number of rotatable bonds is 3. The van der Waals surface area contributed by atoms with Gasteiger partial charge < -0.3 is 9.64 Å². The van der Waals surface area contributed by atoms with Crippen LogP contribution in [-0.2, 0) is 16.0 Å². The van der Waals surface area contributed by atoms with Crippen molar-refractivity contribution in [3.63, 3.8) is 0 Å². The molecule has 0 aliphatic carbocycles. The molecule has 1 aliphatic heterocycles. The van der Waals surface area contributed by atoms with Crippen molar-refractivity contribution < 1.29 is 9.53 Å². The van der Waals surface area contributed by atoms with E-state index in [0.29, 0.717) is 32.5 Å². The Hall–Kier alpha value is -1.95. The van der Waals surface area contributed by atoms with Gasteiger partial charge >= 0.3 is 0 Å². The third-order valence-corrected chi connectivity index (χ3v) is 4.47. The Kier molecular flexibility index (Phi) is 4.35. The van der Waals surface area contributed by atoms with Gasteiger partial charge in [-0.15, -0.1) is 0 Å². The molecule has 23 heavy (non-hydrogen) atoms. The standard InChI is InChI=1S/C17H24N4O2/c1-11-9-16-18-13(3)15(14(4)21(16)19-11)5-6-17(22)20-7-8-23-12(2)10-20/h9,12H,5-8,10H2,1-4H3/t12-/m0/s1. The topological polar surface area (TPSA) is 59.7 Å². The van der Waals surface area contributed by atoms with Gasteiger partial charge in [-0.2, -0.15) is 5.10 Å². The number of aromatic nitrogens is 3. The average molecular weight is 316 g/mol. The number of fused-ring (bicyclic) bond motifs is 1. The Morgan fingerprint density at radius 3 is 2.91 bits per heavy atom. The molecule has 6 nitrogen and oxygen atoms in total. The van der Waals surface area contributed by atoms with Gasteiger partial charge in [-0.3, -0.25) is 4.79 Å². The number of aryl methyl sites for hydroxylation is 3. The maximum Gasteiger partial charge on any atom is 0.223 e. The number of morpholine rings is 1. The lowest BCUT2D eigenvalue weighted by Gasteiger charge is -2.31. The molecule has 0 bridgehead atoms. The maximum absolute atomic E-state index is 12.4. The summed E-state index contributed by atoms with van der Waals surface area (Å²) in [6, 6.07) is 1.98. The predicted octanol–water partition coefficient (Wildman–Crippen LogP) is 1.83. The number of amides is 1. The van der Waals surface area contributed by atoms with E-state index in [4.69, 9.17) is 4.74 Å². The van der Waals surface area contributed by atoms with Crippen molar-refractivity contribution >= 4 is 11.6 Å². The normalized spacial score (nSPS) is 18.6. The molecule has 1 atom stereocenters. The Morgan fingerprint density at radius 2 is 2.17 bits per heavy atom. The minimum atomic E-state index is 0.126. The zero-order valence-electron chi connectivity index (χ0n) is 14.3. The highest BCUT2D eigenvalue weighted by Crippen LogP contribution is 2.18. The van der Waals surface area contributed by atoms with Gasteiger partial charge in [0.05, 0.1) is 18.4 Å². The number of carbonyl (C=O) groups is 1. The Balaban J connectivity index is 1.75. The summed E-state index contributed by atoms with van der Waals surface area (Å²) in [4.78, 5) is 19.0. The van der Waals surface area contributed by atoms with Crippen LogP contribution < -0.4 is 0 Å². The summed E-state index contributed by atoms with van der Waals surface area (Å²) in [5.74, 6) is 0.190. The Morgan fingerprint density at radius 1 is 1.39 bits per heavy atom. The van der Waals surface area contributed by atoms with Crippen LogP contribution in [0.15, 0.2) is 6.07 Å². The molecule has 0 unspecified atom stereocenters. The highest BCUT2D eigenvalue weighted by Gasteiger charge is 2.21. The molecule has 124 valence electrons. The van der Waals surface area contributed by atoms with Gasteiger partial charge in [0.1, 0.15) is 0 Å². The summed E-state index contributed by atoms with van der Waals surface area (Å²) in [5.41, 5.74) is 5.00. The summed E-state index contributed by atoms with van der Waals surface area (Å²) in [6.45, 7) is 10.0. The SMILES string of the molecule is Cc1cc2nc(C)c(CCC(=O)N3CCO[C@@H](C)C3)c(C)n2n1. The lowest BCUT2D eigenvalue weighted by atomic mass is 10.1. The van der Waals surface area contributed by atoms with Gasteiger partial charge in [-0.25, -0.2) is 9.50 Å². The third-order valence-electron chi connectivity index (χ3n) is 4.47. The van der Waals surface area contributed by atoms with Crippen LogP contribution >= 0.6 is 0 Å². The second-order valence-electron chi connectivity index (χ2n) is 6.34. The van der Waals surface area contributed by atoms with E-state index in [1.807, 2.05) is 43.2 Å². The highest BCUT2D eigenvalue weighted by molar-refractivity contribution is 5.76. The first-order valence-corrected chi connectivity index (χ1v) is 8.17. The fourth-order valence-electron chi connectivity index (χ4n) is 3.24. The second-order valence-corrected chi connectivity index (χ2v) is 6.34. The van der Waals surface area contributed by atoms with Crippen LogP contribution in [0.5, 0.6) is 0 Å². The van der Waals surface area contributed by atoms with Crippen molar-refractivity contribution in [3.8, 4) is 0 Å². The quantitative estimate of drug-likeness (QED) is 0.867. The van der Waals surface area contributed by atoms with Crippen LogP contribution in [0.2, 0.25) is 0 Å². The number of carbonyl (C=O) groups excluding carboxylic acids is 1. The molecule has 6 heteroatoms. The van der Waals surface area contributed by atoms with Crippen LogP contribution in [-0.4, -0.2) is 51.2 Å². The molecule has 3 rings (SSSR count). The van der Waals surface area contributed by atoms with E-state index in [1.165, 1.54) is 0 Å². The minimum absolute atomic E-state index is 0.126. The van der Waals surface area contributed by atoms with E-state index in [1.54, 1.807) is 0 Å². The largest absolute Gasteiger partial charge is 0.375 e. The minimum Gasteiger partial charge on any atom is -0.375 e. The van der Waals surface area contributed by atoms with E-state index in [-0.39, 0.29) is 12.0 Å². The molecule has 2 aromatic heterocycles. The third kappa shape index (κ3) is 3.22. The van der Waals surface area contributed by atoms with E-state index in [9.17, 15) is 4.79 Å². The number of ether oxygens (including phenoxy) is 1. The first-order valence-electron chi connectivity index (χ1n) is 8.17. The molecule has 1 saturated heterocycles. The molecule has 0 aromatic carbocycles. The summed E-state index contributed by atoms with van der Waals surface area (Å²) in [5, 5.41) is 4.48. The highest BCUT2D eigenvalue weighted by atomic mass is 16.5. The number of hydrogen-bond donors (Lipinski definition) is 0. The monoisotopic (exact) mass is 316 g/mol. The molecule has 1 aliphatic rings. The van der Waals surface area contributed by atoms with Crippen molar-refractivity contribution in [2.45, 2.75) is 46.6 Å². The molecular weight excluding hydrogens is 292 g/mol.